The number of anilines is 2. The molecule has 0 radical (unpaired) electrons. The van der Waals surface area contributed by atoms with E-state index in [1.807, 2.05) is 6.92 Å². The van der Waals surface area contributed by atoms with Crippen molar-refractivity contribution < 1.29 is 5.11 Å². The SMILES string of the molecule is Cc1cnc(N)nc1N1CCCC(O)C1. The zero-order chi connectivity index (χ0) is 10.8. The van der Waals surface area contributed by atoms with E-state index in [9.17, 15) is 5.11 Å². The van der Waals surface area contributed by atoms with E-state index in [2.05, 4.69) is 14.9 Å². The van der Waals surface area contributed by atoms with Crippen molar-refractivity contribution in [2.45, 2.75) is 25.9 Å². The van der Waals surface area contributed by atoms with Crippen LogP contribution in [0, 0.1) is 6.92 Å². The topological polar surface area (TPSA) is 75.3 Å². The van der Waals surface area contributed by atoms with E-state index in [1.165, 1.54) is 0 Å². The summed E-state index contributed by atoms with van der Waals surface area (Å²) in [4.78, 5) is 10.2. The van der Waals surface area contributed by atoms with Gasteiger partial charge in [0.25, 0.3) is 0 Å². The highest BCUT2D eigenvalue weighted by atomic mass is 16.3. The molecule has 1 aromatic rings. The highest BCUT2D eigenvalue weighted by Gasteiger charge is 2.20. The largest absolute Gasteiger partial charge is 0.391 e. The molecule has 0 amide bonds. The molecule has 82 valence electrons. The fourth-order valence-corrected chi connectivity index (χ4v) is 1.91. The number of nitrogens with zero attached hydrogens (tertiary/aromatic N) is 3. The lowest BCUT2D eigenvalue weighted by atomic mass is 10.1. The molecule has 3 N–H and O–H groups in total. The standard InChI is InChI=1S/C10H16N4O/c1-7-5-12-10(11)13-9(7)14-4-2-3-8(15)6-14/h5,8,15H,2-4,6H2,1H3,(H2,11,12,13). The Bertz CT molecular complexity index is 355. The quantitative estimate of drug-likeness (QED) is 0.695. The summed E-state index contributed by atoms with van der Waals surface area (Å²) in [6, 6.07) is 0. The molecule has 5 heteroatoms. The van der Waals surface area contributed by atoms with Crippen molar-refractivity contribution in [3.05, 3.63) is 11.8 Å². The molecule has 1 aliphatic rings. The molecule has 1 unspecified atom stereocenters. The molecule has 2 rings (SSSR count). The maximum absolute atomic E-state index is 9.58. The Kier molecular flexibility index (Phi) is 2.73. The average Bonchev–Trinajstić information content (AvgIpc) is 2.22. The van der Waals surface area contributed by atoms with Crippen LogP contribution in [0.1, 0.15) is 18.4 Å². The lowest BCUT2D eigenvalue weighted by molar-refractivity contribution is 0.154. The third-order valence-corrected chi connectivity index (χ3v) is 2.66. The van der Waals surface area contributed by atoms with Crippen LogP contribution >= 0.6 is 0 Å². The summed E-state index contributed by atoms with van der Waals surface area (Å²) in [5.41, 5.74) is 6.56. The number of nitrogen functional groups attached to an aromatic ring is 1. The maximum atomic E-state index is 9.58. The molecule has 0 saturated carbocycles. The Hall–Kier alpha value is -1.36. The fraction of sp³-hybridized carbons (Fsp3) is 0.600. The van der Waals surface area contributed by atoms with E-state index >= 15 is 0 Å². The van der Waals surface area contributed by atoms with Gasteiger partial charge >= 0.3 is 0 Å². The summed E-state index contributed by atoms with van der Waals surface area (Å²) in [5.74, 6) is 1.14. The van der Waals surface area contributed by atoms with Crippen molar-refractivity contribution in [3.63, 3.8) is 0 Å². The van der Waals surface area contributed by atoms with Crippen LogP contribution in [0.2, 0.25) is 0 Å². The first-order valence-electron chi connectivity index (χ1n) is 5.19. The molecule has 1 atom stereocenters. The van der Waals surface area contributed by atoms with Crippen molar-refractivity contribution in [2.24, 2.45) is 0 Å². The van der Waals surface area contributed by atoms with E-state index in [0.29, 0.717) is 6.54 Å². The van der Waals surface area contributed by atoms with Crippen LogP contribution in [0.4, 0.5) is 11.8 Å². The van der Waals surface area contributed by atoms with Crippen LogP contribution in [0.25, 0.3) is 0 Å². The van der Waals surface area contributed by atoms with Gasteiger partial charge in [0.05, 0.1) is 6.10 Å². The lowest BCUT2D eigenvalue weighted by Crippen LogP contribution is -2.39. The van der Waals surface area contributed by atoms with Crippen molar-refractivity contribution in [1.29, 1.82) is 0 Å². The first kappa shape index (κ1) is 10.2. The van der Waals surface area contributed by atoms with Crippen molar-refractivity contribution in [1.82, 2.24) is 9.97 Å². The van der Waals surface area contributed by atoms with E-state index < -0.39 is 0 Å². The number of aryl methyl sites for hydroxylation is 1. The number of nitrogens with two attached hydrogens (primary N) is 1. The predicted octanol–water partition coefficient (Wildman–Crippen LogP) is 0.328. The number of β-amino-alcohol motifs (C(OH)–C–C–N with tert-alkyl or cyclic N) is 1. The molecule has 0 aromatic carbocycles. The van der Waals surface area contributed by atoms with Gasteiger partial charge in [-0.15, -0.1) is 0 Å². The molecular weight excluding hydrogens is 192 g/mol. The highest BCUT2D eigenvalue weighted by Crippen LogP contribution is 2.21. The molecular formula is C10H16N4O. The van der Waals surface area contributed by atoms with Gasteiger partial charge in [0.1, 0.15) is 5.82 Å². The first-order valence-corrected chi connectivity index (χ1v) is 5.19. The first-order chi connectivity index (χ1) is 7.16. The monoisotopic (exact) mass is 208 g/mol. The number of aliphatic hydroxyl groups is 1. The molecule has 1 aliphatic heterocycles. The van der Waals surface area contributed by atoms with Crippen LogP contribution in [0.15, 0.2) is 6.20 Å². The lowest BCUT2D eigenvalue weighted by Gasteiger charge is -2.31. The normalized spacial score (nSPS) is 21.7. The van der Waals surface area contributed by atoms with Gasteiger partial charge in [0, 0.05) is 24.8 Å². The van der Waals surface area contributed by atoms with Crippen LogP contribution in [-0.2, 0) is 0 Å². The number of aliphatic hydroxyl groups excluding tert-OH is 1. The van der Waals surface area contributed by atoms with Crippen molar-refractivity contribution >= 4 is 11.8 Å². The van der Waals surface area contributed by atoms with Crippen LogP contribution in [0.3, 0.4) is 0 Å². The van der Waals surface area contributed by atoms with E-state index in [4.69, 9.17) is 5.73 Å². The second kappa shape index (κ2) is 4.02. The zero-order valence-corrected chi connectivity index (χ0v) is 8.85. The molecule has 15 heavy (non-hydrogen) atoms. The van der Waals surface area contributed by atoms with Gasteiger partial charge in [-0.2, -0.15) is 4.98 Å². The van der Waals surface area contributed by atoms with Crippen LogP contribution in [-0.4, -0.2) is 34.3 Å². The molecule has 5 nitrogen and oxygen atoms in total. The van der Waals surface area contributed by atoms with Gasteiger partial charge in [0.2, 0.25) is 5.95 Å². The summed E-state index contributed by atoms with van der Waals surface area (Å²) in [6.45, 7) is 3.52. The average molecular weight is 208 g/mol. The number of piperidine rings is 1. The molecule has 1 aromatic heterocycles. The summed E-state index contributed by atoms with van der Waals surface area (Å²) < 4.78 is 0. The zero-order valence-electron chi connectivity index (χ0n) is 8.85. The molecule has 0 spiro atoms. The molecule has 1 fully saturated rings. The van der Waals surface area contributed by atoms with Gasteiger partial charge in [-0.3, -0.25) is 0 Å². The molecule has 2 heterocycles. The van der Waals surface area contributed by atoms with Gasteiger partial charge < -0.3 is 15.7 Å². The highest BCUT2D eigenvalue weighted by molar-refractivity contribution is 5.48. The van der Waals surface area contributed by atoms with Crippen molar-refractivity contribution in [2.75, 3.05) is 23.7 Å². The van der Waals surface area contributed by atoms with Gasteiger partial charge in [-0.25, -0.2) is 4.98 Å². The smallest absolute Gasteiger partial charge is 0.221 e. The van der Waals surface area contributed by atoms with Crippen LogP contribution < -0.4 is 10.6 Å². The second-order valence-corrected chi connectivity index (χ2v) is 3.98. The molecule has 1 saturated heterocycles. The third-order valence-electron chi connectivity index (χ3n) is 2.66. The minimum Gasteiger partial charge on any atom is -0.391 e. The maximum Gasteiger partial charge on any atom is 0.221 e. The van der Waals surface area contributed by atoms with Crippen molar-refractivity contribution in [3.8, 4) is 0 Å². The summed E-state index contributed by atoms with van der Waals surface area (Å²) in [7, 11) is 0. The fourth-order valence-electron chi connectivity index (χ4n) is 1.91. The Morgan fingerprint density at radius 3 is 3.13 bits per heavy atom. The Morgan fingerprint density at radius 1 is 1.60 bits per heavy atom. The van der Waals surface area contributed by atoms with Gasteiger partial charge in [-0.1, -0.05) is 0 Å². The predicted molar refractivity (Wildman–Crippen MR) is 58.6 cm³/mol. The Balaban J connectivity index is 2.24. The summed E-state index contributed by atoms with van der Waals surface area (Å²) in [6.07, 6.45) is 3.33. The molecule has 0 aliphatic carbocycles. The Labute approximate surface area is 88.9 Å². The molecule has 0 bridgehead atoms. The number of aromatic nitrogens is 2. The van der Waals surface area contributed by atoms with E-state index in [-0.39, 0.29) is 12.1 Å². The van der Waals surface area contributed by atoms with E-state index in [0.717, 1.165) is 30.8 Å². The summed E-state index contributed by atoms with van der Waals surface area (Å²) >= 11 is 0. The number of rotatable bonds is 1. The van der Waals surface area contributed by atoms with E-state index in [1.54, 1.807) is 6.20 Å². The van der Waals surface area contributed by atoms with Gasteiger partial charge in [-0.05, 0) is 19.8 Å². The minimum absolute atomic E-state index is 0.255. The second-order valence-electron chi connectivity index (χ2n) is 3.98. The van der Waals surface area contributed by atoms with Crippen LogP contribution in [0.5, 0.6) is 0 Å². The minimum atomic E-state index is -0.255. The van der Waals surface area contributed by atoms with Gasteiger partial charge in [0.15, 0.2) is 0 Å². The third kappa shape index (κ3) is 2.18. The number of hydrogen-bond acceptors (Lipinski definition) is 5. The summed E-state index contributed by atoms with van der Waals surface area (Å²) in [5, 5.41) is 9.58. The number of hydrogen-bond donors (Lipinski definition) is 2. The Morgan fingerprint density at radius 2 is 2.40 bits per heavy atom.